The number of para-hydroxylation sites is 1. The van der Waals surface area contributed by atoms with Crippen molar-refractivity contribution in [3.63, 3.8) is 0 Å². The molecule has 0 bridgehead atoms. The molecular weight excluding hydrogens is 585 g/mol. The predicted molar refractivity (Wildman–Crippen MR) is 199 cm³/mol. The highest BCUT2D eigenvalue weighted by molar-refractivity contribution is 6.24. The summed E-state index contributed by atoms with van der Waals surface area (Å²) in [6.07, 6.45) is 0.831. The van der Waals surface area contributed by atoms with Crippen molar-refractivity contribution in [2.24, 2.45) is 0 Å². The van der Waals surface area contributed by atoms with E-state index >= 15 is 0 Å². The Labute approximate surface area is 278 Å². The first kappa shape index (κ1) is 27.0. The molecular formula is C45H30N2O. The quantitative estimate of drug-likeness (QED) is 0.184. The van der Waals surface area contributed by atoms with Gasteiger partial charge < -0.3 is 4.74 Å². The number of hydrogen-bond acceptors (Lipinski definition) is 2. The van der Waals surface area contributed by atoms with E-state index in [9.17, 15) is 0 Å². The average Bonchev–Trinajstić information content (AvgIpc) is 3.54. The molecule has 9 aromatic rings. The van der Waals surface area contributed by atoms with E-state index in [2.05, 4.69) is 151 Å². The minimum absolute atomic E-state index is 0.831. The summed E-state index contributed by atoms with van der Waals surface area (Å²) in [5.41, 5.74) is 10.3. The van der Waals surface area contributed by atoms with Crippen molar-refractivity contribution in [3.05, 3.63) is 157 Å². The predicted octanol–water partition coefficient (Wildman–Crippen LogP) is 12.2. The zero-order chi connectivity index (χ0) is 31.8. The summed E-state index contributed by atoms with van der Waals surface area (Å²) in [4.78, 5) is 4.97. The smallest absolute Gasteiger partial charge is 0.153 e. The maximum Gasteiger partial charge on any atom is 0.153 e. The molecule has 0 aliphatic carbocycles. The van der Waals surface area contributed by atoms with E-state index in [-0.39, 0.29) is 0 Å². The van der Waals surface area contributed by atoms with Crippen LogP contribution in [0, 0.1) is 0 Å². The van der Waals surface area contributed by atoms with Crippen molar-refractivity contribution in [1.29, 1.82) is 0 Å². The van der Waals surface area contributed by atoms with Gasteiger partial charge in [-0.1, -0.05) is 128 Å². The minimum Gasteiger partial charge on any atom is -0.453 e. The number of ether oxygens (including phenoxy) is 1. The van der Waals surface area contributed by atoms with Gasteiger partial charge in [-0.3, -0.25) is 4.57 Å². The Morgan fingerprint density at radius 1 is 0.521 bits per heavy atom. The molecule has 0 unspecified atom stereocenters. The third-order valence-corrected chi connectivity index (χ3v) is 9.92. The van der Waals surface area contributed by atoms with Gasteiger partial charge in [0.25, 0.3) is 0 Å². The van der Waals surface area contributed by atoms with Crippen LogP contribution in [-0.2, 0) is 6.42 Å². The van der Waals surface area contributed by atoms with Gasteiger partial charge in [0.15, 0.2) is 11.5 Å². The summed E-state index contributed by atoms with van der Waals surface area (Å²) in [5.74, 6) is 2.74. The van der Waals surface area contributed by atoms with E-state index in [0.717, 1.165) is 51.6 Å². The van der Waals surface area contributed by atoms with Gasteiger partial charge in [0.05, 0.1) is 11.2 Å². The van der Waals surface area contributed by atoms with Crippen molar-refractivity contribution >= 4 is 43.4 Å². The van der Waals surface area contributed by atoms with Gasteiger partial charge in [0.1, 0.15) is 11.3 Å². The summed E-state index contributed by atoms with van der Waals surface area (Å²) in [6, 6.07) is 54.8. The summed E-state index contributed by atoms with van der Waals surface area (Å²) < 4.78 is 8.73. The number of aryl methyl sites for hydroxylation is 1. The van der Waals surface area contributed by atoms with Crippen LogP contribution in [0.2, 0.25) is 0 Å². The van der Waals surface area contributed by atoms with E-state index in [1.807, 2.05) is 12.1 Å². The molecule has 0 N–H and O–H groups in total. The molecule has 48 heavy (non-hydrogen) atoms. The first-order valence-corrected chi connectivity index (χ1v) is 16.6. The molecule has 1 aliphatic heterocycles. The Bertz CT molecular complexity index is 2730. The van der Waals surface area contributed by atoms with Crippen molar-refractivity contribution in [1.82, 2.24) is 9.55 Å². The second-order valence-electron chi connectivity index (χ2n) is 12.6. The lowest BCUT2D eigenvalue weighted by atomic mass is 9.83. The van der Waals surface area contributed by atoms with E-state index in [1.165, 1.54) is 54.6 Å². The van der Waals surface area contributed by atoms with Crippen LogP contribution in [0.5, 0.6) is 11.5 Å². The number of hydrogen-bond donors (Lipinski definition) is 0. The lowest BCUT2D eigenvalue weighted by Gasteiger charge is -2.22. The standard InChI is InChI=1S/C45H30N2O/c1-2-42-46-38-20-11-21-41-45(38)47(42)39-27-31(23-25-40(39)48-41)30-22-24-36-37(26-30)44(33-19-10-15-28-12-6-7-16-32(28)33)35-18-9-8-17-34(35)43(36)29-13-4-3-5-14-29/h3-27H,2H2,1H3. The SMILES string of the molecule is CCc1nc2cccc3c2n1-c1cc(-c2ccc4c(-c5ccccc5)c5ccccc5c(-c5cccc6ccccc56)c4c2)ccc1O3. The number of rotatable bonds is 4. The van der Waals surface area contributed by atoms with Crippen LogP contribution in [0.25, 0.3) is 82.4 Å². The van der Waals surface area contributed by atoms with Crippen LogP contribution < -0.4 is 4.74 Å². The first-order valence-electron chi connectivity index (χ1n) is 16.6. The maximum atomic E-state index is 6.44. The van der Waals surface area contributed by atoms with Crippen molar-refractivity contribution in [3.8, 4) is 50.6 Å². The highest BCUT2D eigenvalue weighted by atomic mass is 16.5. The molecule has 0 saturated heterocycles. The number of aromatic nitrogens is 2. The van der Waals surface area contributed by atoms with Crippen LogP contribution in [0.4, 0.5) is 0 Å². The van der Waals surface area contributed by atoms with E-state index < -0.39 is 0 Å². The monoisotopic (exact) mass is 614 g/mol. The van der Waals surface area contributed by atoms with Gasteiger partial charge in [0, 0.05) is 6.42 Å². The zero-order valence-corrected chi connectivity index (χ0v) is 26.4. The maximum absolute atomic E-state index is 6.44. The summed E-state index contributed by atoms with van der Waals surface area (Å²) in [7, 11) is 0. The van der Waals surface area contributed by atoms with Crippen LogP contribution >= 0.6 is 0 Å². The molecule has 1 aromatic heterocycles. The van der Waals surface area contributed by atoms with Gasteiger partial charge in [0.2, 0.25) is 0 Å². The fraction of sp³-hybridized carbons (Fsp3) is 0.0444. The van der Waals surface area contributed by atoms with Gasteiger partial charge in [-0.05, 0) is 96.0 Å². The molecule has 2 heterocycles. The third kappa shape index (κ3) is 3.91. The largest absolute Gasteiger partial charge is 0.453 e. The van der Waals surface area contributed by atoms with Crippen LogP contribution in [0.1, 0.15) is 12.7 Å². The highest BCUT2D eigenvalue weighted by Gasteiger charge is 2.25. The Morgan fingerprint density at radius 2 is 1.21 bits per heavy atom. The molecule has 3 heteroatoms. The lowest BCUT2D eigenvalue weighted by molar-refractivity contribution is 0.474. The van der Waals surface area contributed by atoms with Crippen molar-refractivity contribution in [2.75, 3.05) is 0 Å². The molecule has 226 valence electrons. The number of imidazole rings is 1. The molecule has 0 radical (unpaired) electrons. The molecule has 0 amide bonds. The summed E-state index contributed by atoms with van der Waals surface area (Å²) in [5, 5.41) is 7.48. The Morgan fingerprint density at radius 3 is 2.06 bits per heavy atom. The Hall–Kier alpha value is -6.19. The Kier molecular flexibility index (Phi) is 5.85. The first-order chi connectivity index (χ1) is 23.8. The van der Waals surface area contributed by atoms with Crippen LogP contribution in [0.15, 0.2) is 152 Å². The lowest BCUT2D eigenvalue weighted by Crippen LogP contribution is -2.07. The Balaban J connectivity index is 1.28. The third-order valence-electron chi connectivity index (χ3n) is 9.92. The highest BCUT2D eigenvalue weighted by Crippen LogP contribution is 2.47. The molecule has 1 aliphatic rings. The molecule has 0 spiro atoms. The number of fused-ring (bicyclic) bond motifs is 5. The van der Waals surface area contributed by atoms with E-state index in [1.54, 1.807) is 0 Å². The van der Waals surface area contributed by atoms with E-state index in [0.29, 0.717) is 0 Å². The second-order valence-corrected chi connectivity index (χ2v) is 12.6. The van der Waals surface area contributed by atoms with Crippen molar-refractivity contribution in [2.45, 2.75) is 13.3 Å². The second kappa shape index (κ2) is 10.4. The van der Waals surface area contributed by atoms with Gasteiger partial charge in [-0.15, -0.1) is 0 Å². The molecule has 3 nitrogen and oxygen atoms in total. The zero-order valence-electron chi connectivity index (χ0n) is 26.4. The number of nitrogens with zero attached hydrogens (tertiary/aromatic N) is 2. The molecule has 0 saturated carbocycles. The number of benzene rings is 8. The minimum atomic E-state index is 0.831. The summed E-state index contributed by atoms with van der Waals surface area (Å²) >= 11 is 0. The normalized spacial score (nSPS) is 12.1. The van der Waals surface area contributed by atoms with Crippen molar-refractivity contribution < 1.29 is 4.74 Å². The van der Waals surface area contributed by atoms with Crippen LogP contribution in [0.3, 0.4) is 0 Å². The summed E-state index contributed by atoms with van der Waals surface area (Å²) in [6.45, 7) is 2.16. The molecule has 0 fully saturated rings. The van der Waals surface area contributed by atoms with E-state index in [4.69, 9.17) is 9.72 Å². The van der Waals surface area contributed by atoms with Gasteiger partial charge in [-0.2, -0.15) is 0 Å². The topological polar surface area (TPSA) is 27.1 Å². The van der Waals surface area contributed by atoms with Gasteiger partial charge in [-0.25, -0.2) is 4.98 Å². The molecule has 10 rings (SSSR count). The fourth-order valence-electron chi connectivity index (χ4n) is 7.81. The van der Waals surface area contributed by atoms with Crippen LogP contribution in [-0.4, -0.2) is 9.55 Å². The molecule has 0 atom stereocenters. The van der Waals surface area contributed by atoms with Gasteiger partial charge >= 0.3 is 0 Å². The molecule has 8 aromatic carbocycles. The average molecular weight is 615 g/mol. The fourth-order valence-corrected chi connectivity index (χ4v) is 7.81.